The lowest BCUT2D eigenvalue weighted by Gasteiger charge is -2.08. The van der Waals surface area contributed by atoms with E-state index >= 15 is 0 Å². The van der Waals surface area contributed by atoms with Gasteiger partial charge < -0.3 is 23.7 Å². The van der Waals surface area contributed by atoms with Crippen molar-refractivity contribution >= 4 is 24.1 Å². The molecule has 3 aromatic carbocycles. The Bertz CT molecular complexity index is 1290. The van der Waals surface area contributed by atoms with Crippen molar-refractivity contribution in [3.05, 3.63) is 102 Å². The van der Waals surface area contributed by atoms with E-state index in [2.05, 4.69) is 13.5 Å². The first kappa shape index (κ1) is 29.6. The SMILES string of the molecule is C=CC(=O)OCCCCOC(=O)Oc1ccc(C(=O)Oc2ccc(OC(=O)c3ccc(CCC)cc3)cc2)cc1. The first-order valence-electron chi connectivity index (χ1n) is 12.7. The summed E-state index contributed by atoms with van der Waals surface area (Å²) in [6.45, 7) is 5.69. The molecule has 0 fully saturated rings. The molecule has 9 heteroatoms. The molecule has 0 amide bonds. The average molecular weight is 547 g/mol. The van der Waals surface area contributed by atoms with Crippen LogP contribution in [0.4, 0.5) is 4.79 Å². The van der Waals surface area contributed by atoms with Crippen molar-refractivity contribution in [2.45, 2.75) is 32.6 Å². The number of hydrogen-bond donors (Lipinski definition) is 0. The lowest BCUT2D eigenvalue weighted by Crippen LogP contribution is -2.12. The van der Waals surface area contributed by atoms with E-state index < -0.39 is 24.1 Å². The van der Waals surface area contributed by atoms with E-state index in [9.17, 15) is 19.2 Å². The van der Waals surface area contributed by atoms with Gasteiger partial charge in [0.25, 0.3) is 0 Å². The highest BCUT2D eigenvalue weighted by Gasteiger charge is 2.13. The molecule has 40 heavy (non-hydrogen) atoms. The molecule has 0 aliphatic carbocycles. The van der Waals surface area contributed by atoms with Crippen LogP contribution in [0.1, 0.15) is 52.5 Å². The minimum Gasteiger partial charge on any atom is -0.463 e. The minimum absolute atomic E-state index is 0.0962. The summed E-state index contributed by atoms with van der Waals surface area (Å²) in [6, 6.07) is 19.1. The zero-order chi connectivity index (χ0) is 28.7. The quantitative estimate of drug-likeness (QED) is 0.0824. The Morgan fingerprint density at radius 3 is 1.60 bits per heavy atom. The van der Waals surface area contributed by atoms with Crippen LogP contribution < -0.4 is 14.2 Å². The number of aryl methyl sites for hydroxylation is 1. The maximum atomic E-state index is 12.5. The number of benzene rings is 3. The second kappa shape index (κ2) is 15.5. The number of unbranched alkanes of at least 4 members (excludes halogenated alkanes) is 1. The van der Waals surface area contributed by atoms with E-state index in [1.807, 2.05) is 12.1 Å². The highest BCUT2D eigenvalue weighted by atomic mass is 16.7. The fourth-order valence-corrected chi connectivity index (χ4v) is 3.38. The number of carbonyl (C=O) groups excluding carboxylic acids is 4. The van der Waals surface area contributed by atoms with Crippen molar-refractivity contribution in [2.24, 2.45) is 0 Å². The third-order valence-electron chi connectivity index (χ3n) is 5.43. The molecule has 3 rings (SSSR count). The van der Waals surface area contributed by atoms with E-state index in [1.165, 1.54) is 48.5 Å². The van der Waals surface area contributed by atoms with Gasteiger partial charge in [-0.05, 0) is 85.5 Å². The van der Waals surface area contributed by atoms with Gasteiger partial charge in [0.2, 0.25) is 0 Å². The molecule has 9 nitrogen and oxygen atoms in total. The molecule has 0 bridgehead atoms. The van der Waals surface area contributed by atoms with Crippen molar-refractivity contribution < 1.29 is 42.9 Å². The van der Waals surface area contributed by atoms with Gasteiger partial charge in [0.05, 0.1) is 24.3 Å². The molecule has 0 aliphatic rings. The molecule has 0 N–H and O–H groups in total. The smallest absolute Gasteiger partial charge is 0.463 e. The summed E-state index contributed by atoms with van der Waals surface area (Å²) < 4.78 is 25.6. The summed E-state index contributed by atoms with van der Waals surface area (Å²) >= 11 is 0. The minimum atomic E-state index is -0.896. The molecule has 0 saturated heterocycles. The van der Waals surface area contributed by atoms with Crippen LogP contribution in [-0.2, 0) is 20.7 Å². The molecule has 0 atom stereocenters. The largest absolute Gasteiger partial charge is 0.513 e. The van der Waals surface area contributed by atoms with Crippen LogP contribution >= 0.6 is 0 Å². The molecule has 3 aromatic rings. The second-order valence-corrected chi connectivity index (χ2v) is 8.50. The van der Waals surface area contributed by atoms with Gasteiger partial charge in [0, 0.05) is 6.08 Å². The van der Waals surface area contributed by atoms with Crippen LogP contribution in [0, 0.1) is 0 Å². The van der Waals surface area contributed by atoms with Crippen molar-refractivity contribution in [2.75, 3.05) is 13.2 Å². The topological polar surface area (TPSA) is 114 Å². The molecule has 0 aromatic heterocycles. The molecule has 0 saturated carbocycles. The molecule has 208 valence electrons. The van der Waals surface area contributed by atoms with Crippen LogP contribution in [0.15, 0.2) is 85.5 Å². The summed E-state index contributed by atoms with van der Waals surface area (Å²) in [5, 5.41) is 0. The fourth-order valence-electron chi connectivity index (χ4n) is 3.38. The molecular formula is C31H30O9. The maximum absolute atomic E-state index is 12.5. The molecule has 0 radical (unpaired) electrons. The number of carbonyl (C=O) groups is 4. The summed E-state index contributed by atoms with van der Waals surface area (Å²) in [7, 11) is 0. The van der Waals surface area contributed by atoms with Gasteiger partial charge in [0.15, 0.2) is 0 Å². The van der Waals surface area contributed by atoms with Gasteiger partial charge >= 0.3 is 24.1 Å². The van der Waals surface area contributed by atoms with Gasteiger partial charge in [-0.15, -0.1) is 0 Å². The number of hydrogen-bond acceptors (Lipinski definition) is 9. The molecule has 0 unspecified atom stereocenters. The summed E-state index contributed by atoms with van der Waals surface area (Å²) in [4.78, 5) is 47.6. The van der Waals surface area contributed by atoms with Crippen molar-refractivity contribution in [3.63, 3.8) is 0 Å². The van der Waals surface area contributed by atoms with Crippen LogP contribution in [0.3, 0.4) is 0 Å². The fraction of sp³-hybridized carbons (Fsp3) is 0.226. The first-order chi connectivity index (χ1) is 19.4. The Hall–Kier alpha value is -4.92. The van der Waals surface area contributed by atoms with Crippen molar-refractivity contribution in [3.8, 4) is 17.2 Å². The Labute approximate surface area is 232 Å². The Balaban J connectivity index is 1.41. The number of ether oxygens (including phenoxy) is 5. The Morgan fingerprint density at radius 2 is 1.10 bits per heavy atom. The van der Waals surface area contributed by atoms with Crippen molar-refractivity contribution in [1.82, 2.24) is 0 Å². The van der Waals surface area contributed by atoms with Crippen molar-refractivity contribution in [1.29, 1.82) is 0 Å². The maximum Gasteiger partial charge on any atom is 0.513 e. The normalized spacial score (nSPS) is 10.2. The van der Waals surface area contributed by atoms with E-state index in [0.29, 0.717) is 24.2 Å². The number of rotatable bonds is 13. The molecule has 0 aliphatic heterocycles. The third kappa shape index (κ3) is 9.75. The molecular weight excluding hydrogens is 516 g/mol. The van der Waals surface area contributed by atoms with E-state index in [-0.39, 0.29) is 30.3 Å². The van der Waals surface area contributed by atoms with Gasteiger partial charge in [-0.2, -0.15) is 0 Å². The summed E-state index contributed by atoms with van der Waals surface area (Å²) in [6.07, 6.45) is 3.16. The predicted octanol–water partition coefficient (Wildman–Crippen LogP) is 6.10. The number of esters is 3. The van der Waals surface area contributed by atoms with Gasteiger partial charge in [-0.25, -0.2) is 19.2 Å². The second-order valence-electron chi connectivity index (χ2n) is 8.50. The van der Waals surface area contributed by atoms with Crippen LogP contribution in [0.2, 0.25) is 0 Å². The Morgan fingerprint density at radius 1 is 0.650 bits per heavy atom. The van der Waals surface area contributed by atoms with E-state index in [1.54, 1.807) is 12.1 Å². The summed E-state index contributed by atoms with van der Waals surface area (Å²) in [5.41, 5.74) is 1.83. The molecule has 0 heterocycles. The standard InChI is InChI=1S/C31H30O9/c1-3-7-22-8-10-23(11-9-22)29(33)38-25-16-18-26(19-17-25)39-30(34)24-12-14-27(15-13-24)40-31(35)37-21-6-5-20-36-28(32)4-2/h4,8-19H,2-3,5-7,20-21H2,1H3. The average Bonchev–Trinajstić information content (AvgIpc) is 2.96. The van der Waals surface area contributed by atoms with E-state index in [4.69, 9.17) is 23.7 Å². The van der Waals surface area contributed by atoms with Gasteiger partial charge in [-0.3, -0.25) is 0 Å². The zero-order valence-electron chi connectivity index (χ0n) is 22.1. The third-order valence-corrected chi connectivity index (χ3v) is 5.43. The first-order valence-corrected chi connectivity index (χ1v) is 12.7. The monoisotopic (exact) mass is 546 g/mol. The van der Waals surface area contributed by atoms with Gasteiger partial charge in [0.1, 0.15) is 17.2 Å². The predicted molar refractivity (Wildman–Crippen MR) is 146 cm³/mol. The lowest BCUT2D eigenvalue weighted by atomic mass is 10.1. The van der Waals surface area contributed by atoms with Gasteiger partial charge in [-0.1, -0.05) is 32.1 Å². The lowest BCUT2D eigenvalue weighted by molar-refractivity contribution is -0.137. The highest BCUT2D eigenvalue weighted by Crippen LogP contribution is 2.21. The highest BCUT2D eigenvalue weighted by molar-refractivity contribution is 5.92. The Kier molecular flexibility index (Phi) is 11.5. The zero-order valence-corrected chi connectivity index (χ0v) is 22.1. The van der Waals surface area contributed by atoms with Crippen LogP contribution in [0.25, 0.3) is 0 Å². The summed E-state index contributed by atoms with van der Waals surface area (Å²) in [5.74, 6) is -0.849. The van der Waals surface area contributed by atoms with E-state index in [0.717, 1.165) is 24.5 Å². The van der Waals surface area contributed by atoms with Crippen LogP contribution in [-0.4, -0.2) is 37.3 Å². The van der Waals surface area contributed by atoms with Crippen LogP contribution in [0.5, 0.6) is 17.2 Å². The molecule has 0 spiro atoms.